The summed E-state index contributed by atoms with van der Waals surface area (Å²) in [5, 5.41) is 11.5. The van der Waals surface area contributed by atoms with Crippen LogP contribution in [0.1, 0.15) is 10.4 Å². The minimum absolute atomic E-state index is 0.265. The molecule has 1 aromatic carbocycles. The van der Waals surface area contributed by atoms with E-state index in [-0.39, 0.29) is 11.6 Å². The number of nitrogens with zero attached hydrogens (tertiary/aromatic N) is 2. The van der Waals surface area contributed by atoms with E-state index in [4.69, 9.17) is 16.9 Å². The molecule has 1 atom stereocenters. The maximum absolute atomic E-state index is 13.7. The Labute approximate surface area is 113 Å². The summed E-state index contributed by atoms with van der Waals surface area (Å²) in [4.78, 5) is 13.4. The van der Waals surface area contributed by atoms with Crippen LogP contribution in [0, 0.1) is 23.0 Å². The molecule has 19 heavy (non-hydrogen) atoms. The van der Waals surface area contributed by atoms with Gasteiger partial charge in [-0.3, -0.25) is 4.79 Å². The van der Waals surface area contributed by atoms with Gasteiger partial charge in [-0.1, -0.05) is 11.6 Å². The third-order valence-corrected chi connectivity index (χ3v) is 3.18. The molecule has 0 bridgehead atoms. The van der Waals surface area contributed by atoms with E-state index in [9.17, 15) is 13.6 Å². The Morgan fingerprint density at radius 1 is 1.47 bits per heavy atom. The van der Waals surface area contributed by atoms with Crippen molar-refractivity contribution in [1.82, 2.24) is 10.2 Å². The van der Waals surface area contributed by atoms with Gasteiger partial charge in [0.15, 0.2) is 0 Å². The molecular formula is C12H10ClF2N3O. The summed E-state index contributed by atoms with van der Waals surface area (Å²) >= 11 is 5.43. The lowest BCUT2D eigenvalue weighted by molar-refractivity contribution is 0.0682. The van der Waals surface area contributed by atoms with Crippen LogP contribution in [0.25, 0.3) is 0 Å². The Morgan fingerprint density at radius 2 is 2.21 bits per heavy atom. The van der Waals surface area contributed by atoms with Crippen LogP contribution in [-0.4, -0.2) is 36.5 Å². The lowest BCUT2D eigenvalue weighted by Gasteiger charge is -2.32. The highest BCUT2D eigenvalue weighted by Gasteiger charge is 2.29. The first-order valence-electron chi connectivity index (χ1n) is 5.60. The number of hydrogen-bond acceptors (Lipinski definition) is 3. The first-order chi connectivity index (χ1) is 9.04. The zero-order valence-electron chi connectivity index (χ0n) is 9.79. The fourth-order valence-electron chi connectivity index (χ4n) is 1.90. The molecule has 4 nitrogen and oxygen atoms in total. The summed E-state index contributed by atoms with van der Waals surface area (Å²) in [6.07, 6.45) is 0. The van der Waals surface area contributed by atoms with Crippen molar-refractivity contribution in [1.29, 1.82) is 5.26 Å². The predicted molar refractivity (Wildman–Crippen MR) is 64.7 cm³/mol. The van der Waals surface area contributed by atoms with Crippen LogP contribution in [0.4, 0.5) is 8.78 Å². The largest absolute Gasteiger partial charge is 0.320 e. The number of carbonyl (C=O) groups is 1. The van der Waals surface area contributed by atoms with Gasteiger partial charge in [0.1, 0.15) is 17.7 Å². The van der Waals surface area contributed by atoms with E-state index in [1.54, 1.807) is 0 Å². The summed E-state index contributed by atoms with van der Waals surface area (Å²) in [5.41, 5.74) is -0.413. The van der Waals surface area contributed by atoms with Crippen LogP contribution in [0.15, 0.2) is 12.1 Å². The van der Waals surface area contributed by atoms with Gasteiger partial charge in [-0.15, -0.1) is 0 Å². The third-order valence-electron chi connectivity index (χ3n) is 2.89. The standard InChI is InChI=1S/C12H10ClF2N3O/c13-9-4-10(14)8(3-11(9)15)12(19)18-2-1-17-6-7(18)5-16/h3-4,7,17H,1-2,6H2. The number of benzene rings is 1. The molecule has 1 aliphatic heterocycles. The Hall–Kier alpha value is -1.71. The third kappa shape index (κ3) is 2.67. The number of carbonyl (C=O) groups excluding carboxylic acids is 1. The summed E-state index contributed by atoms with van der Waals surface area (Å²) in [6, 6.07) is 2.77. The lowest BCUT2D eigenvalue weighted by atomic mass is 10.1. The lowest BCUT2D eigenvalue weighted by Crippen LogP contribution is -2.53. The topological polar surface area (TPSA) is 56.1 Å². The van der Waals surface area contributed by atoms with Crippen LogP contribution in [0.2, 0.25) is 5.02 Å². The predicted octanol–water partition coefficient (Wildman–Crippen LogP) is 1.56. The Kier molecular flexibility index (Phi) is 3.98. The molecule has 1 aromatic rings. The molecule has 1 amide bonds. The fraction of sp³-hybridized carbons (Fsp3) is 0.333. The maximum Gasteiger partial charge on any atom is 0.258 e. The molecule has 7 heteroatoms. The van der Waals surface area contributed by atoms with E-state index in [0.29, 0.717) is 13.1 Å². The second-order valence-electron chi connectivity index (χ2n) is 4.09. The number of halogens is 3. The van der Waals surface area contributed by atoms with Crippen molar-refractivity contribution in [3.05, 3.63) is 34.4 Å². The zero-order valence-corrected chi connectivity index (χ0v) is 10.5. The molecule has 1 saturated heterocycles. The highest BCUT2D eigenvalue weighted by atomic mass is 35.5. The van der Waals surface area contributed by atoms with E-state index >= 15 is 0 Å². The Morgan fingerprint density at radius 3 is 2.89 bits per heavy atom. The fourth-order valence-corrected chi connectivity index (χ4v) is 2.05. The minimum atomic E-state index is -0.897. The first kappa shape index (κ1) is 13.7. The van der Waals surface area contributed by atoms with Gasteiger partial charge in [-0.2, -0.15) is 5.26 Å². The van der Waals surface area contributed by atoms with Crippen molar-refractivity contribution in [3.8, 4) is 6.07 Å². The summed E-state index contributed by atoms with van der Waals surface area (Å²) < 4.78 is 27.0. The van der Waals surface area contributed by atoms with Crippen LogP contribution in [-0.2, 0) is 0 Å². The van der Waals surface area contributed by atoms with Gasteiger partial charge < -0.3 is 10.2 Å². The summed E-state index contributed by atoms with van der Waals surface area (Å²) in [7, 11) is 0. The second-order valence-corrected chi connectivity index (χ2v) is 4.50. The molecule has 0 radical (unpaired) electrons. The molecule has 2 rings (SSSR count). The van der Waals surface area contributed by atoms with Crippen molar-refractivity contribution in [2.24, 2.45) is 0 Å². The van der Waals surface area contributed by atoms with Crippen LogP contribution >= 0.6 is 11.6 Å². The number of hydrogen-bond donors (Lipinski definition) is 1. The van der Waals surface area contributed by atoms with Gasteiger partial charge >= 0.3 is 0 Å². The van der Waals surface area contributed by atoms with Gasteiger partial charge in [0.25, 0.3) is 5.91 Å². The number of nitrogens with one attached hydrogen (secondary N) is 1. The Balaban J connectivity index is 2.33. The Bertz CT molecular complexity index is 559. The van der Waals surface area contributed by atoms with Crippen molar-refractivity contribution in [3.63, 3.8) is 0 Å². The zero-order chi connectivity index (χ0) is 14.0. The first-order valence-corrected chi connectivity index (χ1v) is 5.98. The maximum atomic E-state index is 13.7. The number of piperazine rings is 1. The summed E-state index contributed by atoms with van der Waals surface area (Å²) in [6.45, 7) is 1.07. The average Bonchev–Trinajstić information content (AvgIpc) is 2.42. The van der Waals surface area contributed by atoms with Crippen LogP contribution in [0.5, 0.6) is 0 Å². The summed E-state index contributed by atoms with van der Waals surface area (Å²) in [5.74, 6) is -2.47. The molecule has 1 fully saturated rings. The number of rotatable bonds is 1. The van der Waals surface area contributed by atoms with Crippen LogP contribution < -0.4 is 5.32 Å². The van der Waals surface area contributed by atoms with E-state index in [1.807, 2.05) is 6.07 Å². The molecule has 0 spiro atoms. The van der Waals surface area contributed by atoms with Gasteiger partial charge in [0.2, 0.25) is 0 Å². The SMILES string of the molecule is N#CC1CNCCN1C(=O)c1cc(F)c(Cl)cc1F. The smallest absolute Gasteiger partial charge is 0.258 e. The molecule has 100 valence electrons. The molecule has 0 saturated carbocycles. The number of nitriles is 1. The van der Waals surface area contributed by atoms with Crippen molar-refractivity contribution in [2.75, 3.05) is 19.6 Å². The normalized spacial score (nSPS) is 19.1. The van der Waals surface area contributed by atoms with Gasteiger partial charge in [-0.05, 0) is 12.1 Å². The molecule has 1 aliphatic rings. The van der Waals surface area contributed by atoms with E-state index in [2.05, 4.69) is 5.32 Å². The van der Waals surface area contributed by atoms with E-state index in [0.717, 1.165) is 12.1 Å². The highest BCUT2D eigenvalue weighted by molar-refractivity contribution is 6.30. The average molecular weight is 286 g/mol. The van der Waals surface area contributed by atoms with E-state index in [1.165, 1.54) is 4.90 Å². The van der Waals surface area contributed by atoms with Crippen molar-refractivity contribution in [2.45, 2.75) is 6.04 Å². The monoisotopic (exact) mass is 285 g/mol. The molecule has 0 aliphatic carbocycles. The van der Waals surface area contributed by atoms with Crippen LogP contribution in [0.3, 0.4) is 0 Å². The minimum Gasteiger partial charge on any atom is -0.320 e. The molecule has 1 N–H and O–H groups in total. The molecule has 1 unspecified atom stereocenters. The van der Waals surface area contributed by atoms with Gasteiger partial charge in [-0.25, -0.2) is 8.78 Å². The van der Waals surface area contributed by atoms with Crippen molar-refractivity contribution >= 4 is 17.5 Å². The molecular weight excluding hydrogens is 276 g/mol. The van der Waals surface area contributed by atoms with Gasteiger partial charge in [0, 0.05) is 19.6 Å². The van der Waals surface area contributed by atoms with Crippen molar-refractivity contribution < 1.29 is 13.6 Å². The second kappa shape index (κ2) is 5.51. The quantitative estimate of drug-likeness (QED) is 0.797. The van der Waals surface area contributed by atoms with Gasteiger partial charge in [0.05, 0.1) is 16.7 Å². The molecule has 0 aromatic heterocycles. The molecule has 1 heterocycles. The number of amides is 1. The highest BCUT2D eigenvalue weighted by Crippen LogP contribution is 2.21. The van der Waals surface area contributed by atoms with E-state index < -0.39 is 29.1 Å².